The monoisotopic (exact) mass is 609 g/mol. The fraction of sp³-hybridized carbons (Fsp3) is 0. The Labute approximate surface area is 276 Å². The highest BCUT2D eigenvalue weighted by Crippen LogP contribution is 2.39. The summed E-state index contributed by atoms with van der Waals surface area (Å²) in [6.07, 6.45) is 0. The number of nitrogens with zero attached hydrogens (tertiary/aromatic N) is 3. The Bertz CT molecular complexity index is 2950. The number of rotatable bonds is 3. The average Bonchev–Trinajstić information content (AvgIpc) is 3.67. The van der Waals surface area contributed by atoms with Crippen molar-refractivity contribution in [2.75, 3.05) is 0 Å². The van der Waals surface area contributed by atoms with Crippen LogP contribution in [0.3, 0.4) is 0 Å². The lowest BCUT2D eigenvalue weighted by Gasteiger charge is -2.12. The molecule has 0 saturated carbocycles. The third-order valence-corrected chi connectivity index (χ3v) is 9.90. The molecule has 0 N–H and O–H groups in total. The van der Waals surface area contributed by atoms with Crippen molar-refractivity contribution in [2.24, 2.45) is 0 Å². The molecule has 48 heavy (non-hydrogen) atoms. The Kier molecular flexibility index (Phi) is 5.64. The summed E-state index contributed by atoms with van der Waals surface area (Å²) in [4.78, 5) is 0. The first-order valence-electron chi connectivity index (χ1n) is 16.2. The van der Waals surface area contributed by atoms with Crippen LogP contribution in [0.15, 0.2) is 164 Å². The summed E-state index contributed by atoms with van der Waals surface area (Å²) in [6, 6.07) is 61.0. The number of hydrogen-bond donors (Lipinski definition) is 0. The molecule has 0 atom stereocenters. The second-order valence-corrected chi connectivity index (χ2v) is 12.5. The van der Waals surface area contributed by atoms with Crippen LogP contribution < -0.4 is 0 Å². The summed E-state index contributed by atoms with van der Waals surface area (Å²) >= 11 is 0. The van der Waals surface area contributed by atoms with E-state index in [1.807, 2.05) is 12.1 Å². The van der Waals surface area contributed by atoms with E-state index in [-0.39, 0.29) is 0 Å². The van der Waals surface area contributed by atoms with E-state index in [1.165, 1.54) is 65.5 Å². The van der Waals surface area contributed by atoms with Crippen molar-refractivity contribution < 1.29 is 0 Å². The molecule has 0 fully saturated rings. The van der Waals surface area contributed by atoms with Gasteiger partial charge in [-0.3, -0.25) is 0 Å². The maximum atomic E-state index is 9.48. The van der Waals surface area contributed by atoms with Gasteiger partial charge in [0.2, 0.25) is 0 Å². The Hall–Kier alpha value is -6.63. The van der Waals surface area contributed by atoms with E-state index in [1.54, 1.807) is 0 Å². The molecular formula is C45H27N3. The normalized spacial score (nSPS) is 11.7. The third kappa shape index (κ3) is 3.87. The standard InChI is InChI=1S/C45H27N3/c46-28-29-14-21-36-33(24-29)16-15-30-17-20-35(27-40(30)36)48-42-12-6-4-10-37(42)39-22-18-32(26-45(39)48)31-19-23-44-41(25-31)38-11-5-7-13-43(38)47(44)34-8-2-1-3-9-34/h1-27H. The lowest BCUT2D eigenvalue weighted by molar-refractivity contribution is 1.18. The van der Waals surface area contributed by atoms with Crippen molar-refractivity contribution in [3.8, 4) is 28.6 Å². The molecule has 3 heteroatoms. The lowest BCUT2D eigenvalue weighted by atomic mass is 9.99. The first-order valence-corrected chi connectivity index (χ1v) is 16.2. The van der Waals surface area contributed by atoms with Gasteiger partial charge in [-0.15, -0.1) is 0 Å². The molecule has 0 aliphatic heterocycles. The van der Waals surface area contributed by atoms with Crippen molar-refractivity contribution in [1.29, 1.82) is 5.26 Å². The third-order valence-electron chi connectivity index (χ3n) is 9.90. The molecule has 0 aliphatic rings. The Morgan fingerprint density at radius 2 is 0.958 bits per heavy atom. The molecule has 2 heterocycles. The summed E-state index contributed by atoms with van der Waals surface area (Å²) in [5.74, 6) is 0. The van der Waals surface area contributed by atoms with Gasteiger partial charge in [-0.25, -0.2) is 0 Å². The van der Waals surface area contributed by atoms with Gasteiger partial charge >= 0.3 is 0 Å². The number of fused-ring (bicyclic) bond motifs is 9. The van der Waals surface area contributed by atoms with Crippen molar-refractivity contribution in [3.05, 3.63) is 169 Å². The largest absolute Gasteiger partial charge is 0.309 e. The number of nitriles is 1. The maximum absolute atomic E-state index is 9.48. The number of hydrogen-bond acceptors (Lipinski definition) is 1. The van der Waals surface area contributed by atoms with E-state index in [0.29, 0.717) is 5.56 Å². The number of benzene rings is 8. The molecule has 222 valence electrons. The van der Waals surface area contributed by atoms with Crippen LogP contribution in [0.1, 0.15) is 5.56 Å². The van der Waals surface area contributed by atoms with E-state index in [9.17, 15) is 5.26 Å². The van der Waals surface area contributed by atoms with E-state index in [0.717, 1.165) is 22.1 Å². The van der Waals surface area contributed by atoms with E-state index < -0.39 is 0 Å². The molecule has 0 aliphatic carbocycles. The zero-order valence-corrected chi connectivity index (χ0v) is 25.9. The van der Waals surface area contributed by atoms with Gasteiger partial charge in [0.25, 0.3) is 0 Å². The van der Waals surface area contributed by atoms with Crippen LogP contribution in [0.4, 0.5) is 0 Å². The molecule has 0 spiro atoms. The highest BCUT2D eigenvalue weighted by molar-refractivity contribution is 6.13. The topological polar surface area (TPSA) is 33.6 Å². The number of para-hydroxylation sites is 3. The van der Waals surface area contributed by atoms with E-state index >= 15 is 0 Å². The smallest absolute Gasteiger partial charge is 0.0991 e. The Balaban J connectivity index is 1.20. The van der Waals surface area contributed by atoms with Crippen molar-refractivity contribution in [2.45, 2.75) is 0 Å². The van der Waals surface area contributed by atoms with Gasteiger partial charge in [-0.1, -0.05) is 97.1 Å². The Morgan fingerprint density at radius 3 is 1.77 bits per heavy atom. The summed E-state index contributed by atoms with van der Waals surface area (Å²) in [5, 5.41) is 19.0. The molecule has 0 radical (unpaired) electrons. The van der Waals surface area contributed by atoms with Gasteiger partial charge in [0.15, 0.2) is 0 Å². The predicted octanol–water partition coefficient (Wildman–Crippen LogP) is 11.7. The molecule has 8 aromatic carbocycles. The van der Waals surface area contributed by atoms with Gasteiger partial charge in [-0.2, -0.15) is 5.26 Å². The number of aromatic nitrogens is 2. The van der Waals surface area contributed by atoms with Crippen molar-refractivity contribution in [3.63, 3.8) is 0 Å². The predicted molar refractivity (Wildman–Crippen MR) is 200 cm³/mol. The van der Waals surface area contributed by atoms with Crippen LogP contribution in [-0.2, 0) is 0 Å². The van der Waals surface area contributed by atoms with Crippen LogP contribution in [0, 0.1) is 11.3 Å². The second kappa shape index (κ2) is 10.2. The molecule has 2 aromatic heterocycles. The average molecular weight is 610 g/mol. The molecular weight excluding hydrogens is 583 g/mol. The first-order chi connectivity index (χ1) is 23.7. The minimum absolute atomic E-state index is 0.677. The van der Waals surface area contributed by atoms with Gasteiger partial charge < -0.3 is 9.13 Å². The maximum Gasteiger partial charge on any atom is 0.0991 e. The summed E-state index contributed by atoms with van der Waals surface area (Å²) in [6.45, 7) is 0. The molecule has 0 saturated heterocycles. The minimum Gasteiger partial charge on any atom is -0.309 e. The molecule has 3 nitrogen and oxygen atoms in total. The SMILES string of the molecule is N#Cc1ccc2c(ccc3ccc(-n4c5ccccc5c5ccc(-c6ccc7c(c6)c6ccccc6n7-c6ccccc6)cc54)cc32)c1. The minimum atomic E-state index is 0.677. The van der Waals surface area contributed by atoms with Gasteiger partial charge in [0.05, 0.1) is 33.7 Å². The fourth-order valence-corrected chi connectivity index (χ4v) is 7.69. The van der Waals surface area contributed by atoms with Gasteiger partial charge in [0.1, 0.15) is 0 Å². The van der Waals surface area contributed by atoms with Gasteiger partial charge in [-0.05, 0) is 99.4 Å². The van der Waals surface area contributed by atoms with Crippen molar-refractivity contribution >= 4 is 65.2 Å². The fourth-order valence-electron chi connectivity index (χ4n) is 7.69. The molecule has 10 rings (SSSR count). The van der Waals surface area contributed by atoms with Crippen LogP contribution in [0.5, 0.6) is 0 Å². The summed E-state index contributed by atoms with van der Waals surface area (Å²) < 4.78 is 4.76. The van der Waals surface area contributed by atoms with E-state index in [2.05, 4.69) is 167 Å². The molecule has 0 bridgehead atoms. The summed E-state index contributed by atoms with van der Waals surface area (Å²) in [7, 11) is 0. The van der Waals surface area contributed by atoms with Crippen molar-refractivity contribution in [1.82, 2.24) is 9.13 Å². The first kappa shape index (κ1) is 26.6. The van der Waals surface area contributed by atoms with Gasteiger partial charge in [0, 0.05) is 32.9 Å². The highest BCUT2D eigenvalue weighted by Gasteiger charge is 2.16. The van der Waals surface area contributed by atoms with Crippen LogP contribution in [0.25, 0.3) is 87.7 Å². The Morgan fingerprint density at radius 1 is 0.354 bits per heavy atom. The van der Waals surface area contributed by atoms with Crippen LogP contribution in [0.2, 0.25) is 0 Å². The molecule has 0 unspecified atom stereocenters. The molecule has 10 aromatic rings. The van der Waals surface area contributed by atoms with E-state index in [4.69, 9.17) is 0 Å². The van der Waals surface area contributed by atoms with Crippen LogP contribution >= 0.6 is 0 Å². The zero-order chi connectivity index (χ0) is 31.8. The lowest BCUT2D eigenvalue weighted by Crippen LogP contribution is -1.94. The zero-order valence-electron chi connectivity index (χ0n) is 25.9. The summed E-state index contributed by atoms with van der Waals surface area (Å²) in [5.41, 5.74) is 10.1. The molecule has 0 amide bonds. The highest BCUT2D eigenvalue weighted by atomic mass is 15.0. The quantitative estimate of drug-likeness (QED) is 0.183. The second-order valence-electron chi connectivity index (χ2n) is 12.5. The van der Waals surface area contributed by atoms with Crippen LogP contribution in [-0.4, -0.2) is 9.13 Å².